The minimum Gasteiger partial charge on any atom is -0.481 e. The van der Waals surface area contributed by atoms with Crippen molar-refractivity contribution in [2.75, 3.05) is 18.0 Å². The van der Waals surface area contributed by atoms with E-state index in [0.29, 0.717) is 16.8 Å². The molecule has 0 radical (unpaired) electrons. The predicted molar refractivity (Wildman–Crippen MR) is 125 cm³/mol. The first-order valence-electron chi connectivity index (χ1n) is 11.2. The van der Waals surface area contributed by atoms with E-state index in [9.17, 15) is 39.9 Å². The summed E-state index contributed by atoms with van der Waals surface area (Å²) in [5.41, 5.74) is -3.71. The quantitative estimate of drug-likeness (QED) is 0.614. The van der Waals surface area contributed by atoms with Gasteiger partial charge in [-0.15, -0.1) is 0 Å². The molecule has 1 N–H and O–H groups in total. The number of halogens is 3. The van der Waals surface area contributed by atoms with Crippen LogP contribution >= 0.6 is 0 Å². The number of fused-ring (bicyclic) bond motifs is 1. The number of carbonyl (C=O) groups is 1. The number of nitrogens with zero attached hydrogens (tertiary/aromatic N) is 2. The summed E-state index contributed by atoms with van der Waals surface area (Å²) in [7, 11) is -9.43. The molecule has 0 bridgehead atoms. The maximum atomic E-state index is 13.7. The number of aliphatic carboxylic acids is 1. The van der Waals surface area contributed by atoms with Crippen LogP contribution in [0.5, 0.6) is 0 Å². The van der Waals surface area contributed by atoms with Crippen molar-refractivity contribution >= 4 is 31.5 Å². The number of sulfonamides is 1. The molecule has 1 fully saturated rings. The van der Waals surface area contributed by atoms with Crippen LogP contribution in [0.25, 0.3) is 0 Å². The summed E-state index contributed by atoms with van der Waals surface area (Å²) in [5, 5.41) is 9.40. The van der Waals surface area contributed by atoms with Gasteiger partial charge in [-0.3, -0.25) is 4.79 Å². The van der Waals surface area contributed by atoms with Crippen molar-refractivity contribution < 1.29 is 39.9 Å². The fourth-order valence-corrected chi connectivity index (χ4v) is 7.96. The molecule has 196 valence electrons. The third kappa shape index (κ3) is 4.48. The zero-order chi connectivity index (χ0) is 26.6. The Kier molecular flexibility index (Phi) is 6.63. The van der Waals surface area contributed by atoms with Gasteiger partial charge in [-0.05, 0) is 68.1 Å². The second kappa shape index (κ2) is 9.03. The summed E-state index contributed by atoms with van der Waals surface area (Å²) in [4.78, 5) is 12.5. The van der Waals surface area contributed by atoms with Gasteiger partial charge in [0.1, 0.15) is 0 Å². The van der Waals surface area contributed by atoms with Crippen LogP contribution in [-0.2, 0) is 37.5 Å². The highest BCUT2D eigenvalue weighted by molar-refractivity contribution is 7.92. The van der Waals surface area contributed by atoms with Gasteiger partial charge in [0.25, 0.3) is 9.84 Å². The lowest BCUT2D eigenvalue weighted by atomic mass is 10.1. The molecular formula is C23H25F3N2O6S2. The minimum atomic E-state index is -5.46. The highest BCUT2D eigenvalue weighted by atomic mass is 32.2. The van der Waals surface area contributed by atoms with Crippen LogP contribution in [0, 0.1) is 5.92 Å². The average molecular weight is 547 g/mol. The van der Waals surface area contributed by atoms with Crippen molar-refractivity contribution in [3.63, 3.8) is 0 Å². The molecule has 3 atom stereocenters. The van der Waals surface area contributed by atoms with Gasteiger partial charge < -0.3 is 10.0 Å². The lowest BCUT2D eigenvalue weighted by Crippen LogP contribution is -2.58. The van der Waals surface area contributed by atoms with E-state index < -0.39 is 54.2 Å². The Hall–Kier alpha value is -2.64. The molecule has 0 aromatic heterocycles. The van der Waals surface area contributed by atoms with Crippen LogP contribution in [0.4, 0.5) is 18.9 Å². The third-order valence-electron chi connectivity index (χ3n) is 6.71. The molecule has 2 aliphatic rings. The van der Waals surface area contributed by atoms with Crippen molar-refractivity contribution in [2.45, 2.75) is 54.1 Å². The molecule has 0 spiro atoms. The largest absolute Gasteiger partial charge is 0.501 e. The Morgan fingerprint density at radius 1 is 0.944 bits per heavy atom. The Bertz CT molecular complexity index is 1380. The molecule has 0 saturated carbocycles. The Morgan fingerprint density at radius 2 is 1.53 bits per heavy atom. The number of piperazine rings is 1. The van der Waals surface area contributed by atoms with Crippen LogP contribution in [-0.4, -0.2) is 62.9 Å². The first-order chi connectivity index (χ1) is 16.6. The molecule has 1 aliphatic carbocycles. The van der Waals surface area contributed by atoms with Gasteiger partial charge in [-0.1, -0.05) is 12.1 Å². The first kappa shape index (κ1) is 26.4. The second-order valence-electron chi connectivity index (χ2n) is 9.22. The lowest BCUT2D eigenvalue weighted by Gasteiger charge is -2.44. The Morgan fingerprint density at radius 3 is 2.06 bits per heavy atom. The molecule has 36 heavy (non-hydrogen) atoms. The van der Waals surface area contributed by atoms with Crippen molar-refractivity contribution in [1.82, 2.24) is 4.31 Å². The lowest BCUT2D eigenvalue weighted by molar-refractivity contribution is -0.141. The van der Waals surface area contributed by atoms with E-state index in [1.807, 2.05) is 0 Å². The number of alkyl halides is 3. The summed E-state index contributed by atoms with van der Waals surface area (Å²) in [6.07, 6.45) is 0.406. The van der Waals surface area contributed by atoms with Crippen molar-refractivity contribution in [1.29, 1.82) is 0 Å². The van der Waals surface area contributed by atoms with E-state index >= 15 is 0 Å². The van der Waals surface area contributed by atoms with Crippen LogP contribution in [0.15, 0.2) is 52.3 Å². The van der Waals surface area contributed by atoms with E-state index in [0.717, 1.165) is 12.1 Å². The van der Waals surface area contributed by atoms with E-state index in [1.54, 1.807) is 30.9 Å². The maximum absolute atomic E-state index is 13.7. The van der Waals surface area contributed by atoms with Crippen LogP contribution in [0.2, 0.25) is 0 Å². The zero-order valence-corrected chi connectivity index (χ0v) is 21.1. The van der Waals surface area contributed by atoms with Gasteiger partial charge in [-0.25, -0.2) is 16.8 Å². The first-order valence-corrected chi connectivity index (χ1v) is 14.1. The van der Waals surface area contributed by atoms with E-state index in [4.69, 9.17) is 0 Å². The van der Waals surface area contributed by atoms with Gasteiger partial charge in [0.05, 0.1) is 15.7 Å². The second-order valence-corrected chi connectivity index (χ2v) is 13.0. The number of sulfone groups is 1. The van der Waals surface area contributed by atoms with Crippen molar-refractivity contribution in [3.05, 3.63) is 53.6 Å². The highest BCUT2D eigenvalue weighted by Crippen LogP contribution is 2.36. The number of anilines is 1. The molecule has 2 aromatic rings. The molecule has 2 aromatic carbocycles. The number of carboxylic acids is 1. The number of hydrogen-bond donors (Lipinski definition) is 1. The van der Waals surface area contributed by atoms with Crippen molar-refractivity contribution in [3.8, 4) is 0 Å². The van der Waals surface area contributed by atoms with E-state index in [1.165, 1.54) is 22.5 Å². The predicted octanol–water partition coefficient (Wildman–Crippen LogP) is 3.07. The third-order valence-corrected chi connectivity index (χ3v) is 10.4. The van der Waals surface area contributed by atoms with E-state index in [2.05, 4.69) is 0 Å². The SMILES string of the molecule is C[C@@H]1CN(c2ccc(S(=O)(=O)C(F)(F)F)cc2)C[C@H](C)N1S(=O)(=O)c1cccc2c1CC(C(=O)O)C2. The smallest absolute Gasteiger partial charge is 0.481 e. The topological polar surface area (TPSA) is 112 Å². The molecule has 1 heterocycles. The van der Waals surface area contributed by atoms with Gasteiger partial charge in [0.2, 0.25) is 10.0 Å². The zero-order valence-electron chi connectivity index (χ0n) is 19.4. The summed E-state index contributed by atoms with van der Waals surface area (Å²) >= 11 is 0. The molecule has 1 saturated heterocycles. The average Bonchev–Trinajstić information content (AvgIpc) is 3.22. The summed E-state index contributed by atoms with van der Waals surface area (Å²) in [6, 6.07) is 8.13. The standard InChI is InChI=1S/C23H25F3N2O6S2/c1-14-12-27(18-6-8-19(9-7-18)35(31,32)23(24,25)26)13-15(2)28(14)36(33,34)21-5-3-4-16-10-17(22(29)30)11-20(16)21/h3-9,14-15,17H,10-13H2,1-2H3,(H,29,30)/t14-,15+,17?. The number of hydrogen-bond acceptors (Lipinski definition) is 6. The fourth-order valence-electron chi connectivity index (χ4n) is 5.11. The molecule has 4 rings (SSSR count). The molecule has 8 nitrogen and oxygen atoms in total. The monoisotopic (exact) mass is 546 g/mol. The molecule has 1 aliphatic heterocycles. The Balaban J connectivity index is 1.58. The highest BCUT2D eigenvalue weighted by Gasteiger charge is 2.47. The minimum absolute atomic E-state index is 0.0950. The van der Waals surface area contributed by atoms with E-state index in [-0.39, 0.29) is 30.8 Å². The maximum Gasteiger partial charge on any atom is 0.501 e. The van der Waals surface area contributed by atoms with Crippen LogP contribution < -0.4 is 4.90 Å². The van der Waals surface area contributed by atoms with Gasteiger partial charge >= 0.3 is 11.5 Å². The number of rotatable bonds is 5. The molecule has 1 unspecified atom stereocenters. The summed E-state index contributed by atoms with van der Waals surface area (Å²) in [5.74, 6) is -1.65. The van der Waals surface area contributed by atoms with Crippen LogP contribution in [0.1, 0.15) is 25.0 Å². The van der Waals surface area contributed by atoms with Crippen molar-refractivity contribution in [2.24, 2.45) is 5.92 Å². The molecule has 0 amide bonds. The fraction of sp³-hybridized carbons (Fsp3) is 0.435. The molecular weight excluding hydrogens is 521 g/mol. The Labute approximate surface area is 207 Å². The normalized spacial score (nSPS) is 23.5. The molecule has 13 heteroatoms. The number of carboxylic acid groups (broad SMARTS) is 1. The van der Waals surface area contributed by atoms with Gasteiger partial charge in [0.15, 0.2) is 0 Å². The summed E-state index contributed by atoms with van der Waals surface area (Å²) in [6.45, 7) is 3.88. The summed E-state index contributed by atoms with van der Waals surface area (Å²) < 4.78 is 90.6. The number of benzene rings is 2. The van der Waals surface area contributed by atoms with Gasteiger partial charge in [-0.2, -0.15) is 17.5 Å². The van der Waals surface area contributed by atoms with Gasteiger partial charge in [0, 0.05) is 30.9 Å². The van der Waals surface area contributed by atoms with Crippen LogP contribution in [0.3, 0.4) is 0 Å².